The molecule has 28 heavy (non-hydrogen) atoms. The summed E-state index contributed by atoms with van der Waals surface area (Å²) in [6.07, 6.45) is 0. The number of amides is 1. The van der Waals surface area contributed by atoms with Crippen molar-refractivity contribution in [2.24, 2.45) is 7.05 Å². The Morgan fingerprint density at radius 1 is 1.07 bits per heavy atom. The van der Waals surface area contributed by atoms with E-state index in [1.807, 2.05) is 74.6 Å². The fourth-order valence-electron chi connectivity index (χ4n) is 3.25. The molecule has 0 saturated carbocycles. The second-order valence-electron chi connectivity index (χ2n) is 6.51. The van der Waals surface area contributed by atoms with Crippen LogP contribution in [0.5, 0.6) is 5.75 Å². The van der Waals surface area contributed by atoms with Crippen molar-refractivity contribution in [1.29, 1.82) is 0 Å². The monoisotopic (exact) mass is 372 g/mol. The van der Waals surface area contributed by atoms with Gasteiger partial charge in [-0.05, 0) is 49.4 Å². The number of nitrogens with one attached hydrogen (secondary N) is 1. The smallest absolute Gasteiger partial charge is 0.256 e. The molecule has 140 valence electrons. The molecule has 0 unspecified atom stereocenters. The average molecular weight is 372 g/mol. The van der Waals surface area contributed by atoms with E-state index in [2.05, 4.69) is 10.4 Å². The van der Waals surface area contributed by atoms with Gasteiger partial charge in [0.1, 0.15) is 5.75 Å². The van der Waals surface area contributed by atoms with Gasteiger partial charge in [-0.1, -0.05) is 18.2 Å². The SMILES string of the molecule is COc1ccc(-c2cc(C(=O)Nc3ccccc3)c3c(C)nn(C)c3n2)cc1. The Kier molecular flexibility index (Phi) is 4.53. The Bertz CT molecular complexity index is 1150. The molecule has 0 spiro atoms. The van der Waals surface area contributed by atoms with Crippen molar-refractivity contribution in [3.63, 3.8) is 0 Å². The van der Waals surface area contributed by atoms with Crippen molar-refractivity contribution < 1.29 is 9.53 Å². The van der Waals surface area contributed by atoms with Gasteiger partial charge in [-0.3, -0.25) is 9.48 Å². The predicted molar refractivity (Wildman–Crippen MR) is 110 cm³/mol. The standard InChI is InChI=1S/C22H20N4O2/c1-14-20-18(22(27)23-16-7-5-4-6-8-16)13-19(24-21(20)26(2)25-14)15-9-11-17(28-3)12-10-15/h4-13H,1-3H3,(H,23,27). The Hall–Kier alpha value is -3.67. The maximum Gasteiger partial charge on any atom is 0.256 e. The molecule has 6 heteroatoms. The van der Waals surface area contributed by atoms with E-state index in [-0.39, 0.29) is 5.91 Å². The van der Waals surface area contributed by atoms with Gasteiger partial charge in [-0.25, -0.2) is 4.98 Å². The molecule has 4 aromatic rings. The van der Waals surface area contributed by atoms with Gasteiger partial charge in [0.15, 0.2) is 5.65 Å². The largest absolute Gasteiger partial charge is 0.497 e. The molecule has 2 aromatic carbocycles. The van der Waals surface area contributed by atoms with Crippen molar-refractivity contribution in [2.45, 2.75) is 6.92 Å². The number of anilines is 1. The third-order valence-corrected chi connectivity index (χ3v) is 4.63. The quantitative estimate of drug-likeness (QED) is 0.583. The lowest BCUT2D eigenvalue weighted by atomic mass is 10.0. The van der Waals surface area contributed by atoms with Crippen LogP contribution in [0.1, 0.15) is 16.1 Å². The van der Waals surface area contributed by atoms with Gasteiger partial charge in [-0.15, -0.1) is 0 Å². The first-order valence-corrected chi connectivity index (χ1v) is 8.92. The molecule has 0 aliphatic carbocycles. The number of carbonyl (C=O) groups excluding carboxylic acids is 1. The van der Waals surface area contributed by atoms with Crippen LogP contribution < -0.4 is 10.1 Å². The van der Waals surface area contributed by atoms with E-state index < -0.39 is 0 Å². The summed E-state index contributed by atoms with van der Waals surface area (Å²) in [5.74, 6) is 0.577. The molecule has 1 N–H and O–H groups in total. The van der Waals surface area contributed by atoms with E-state index in [4.69, 9.17) is 9.72 Å². The number of hydrogen-bond acceptors (Lipinski definition) is 4. The number of aryl methyl sites for hydroxylation is 2. The molecule has 1 amide bonds. The highest BCUT2D eigenvalue weighted by Crippen LogP contribution is 2.28. The number of fused-ring (bicyclic) bond motifs is 1. The van der Waals surface area contributed by atoms with Crippen molar-refractivity contribution in [2.75, 3.05) is 12.4 Å². The summed E-state index contributed by atoms with van der Waals surface area (Å²) in [4.78, 5) is 17.8. The topological polar surface area (TPSA) is 69.0 Å². The van der Waals surface area contributed by atoms with Gasteiger partial charge in [0.2, 0.25) is 0 Å². The van der Waals surface area contributed by atoms with E-state index in [1.165, 1.54) is 0 Å². The van der Waals surface area contributed by atoms with E-state index >= 15 is 0 Å². The number of aromatic nitrogens is 3. The molecule has 0 atom stereocenters. The summed E-state index contributed by atoms with van der Waals surface area (Å²) in [6, 6.07) is 18.8. The Balaban J connectivity index is 1.84. The molecule has 0 bridgehead atoms. The highest BCUT2D eigenvalue weighted by Gasteiger charge is 2.19. The maximum absolute atomic E-state index is 13.1. The fraction of sp³-hybridized carbons (Fsp3) is 0.136. The van der Waals surface area contributed by atoms with Crippen LogP contribution in [0.4, 0.5) is 5.69 Å². The number of hydrogen-bond donors (Lipinski definition) is 1. The lowest BCUT2D eigenvalue weighted by Crippen LogP contribution is -2.13. The minimum atomic E-state index is -0.190. The number of para-hydroxylation sites is 1. The van der Waals surface area contributed by atoms with E-state index in [1.54, 1.807) is 11.8 Å². The fourth-order valence-corrected chi connectivity index (χ4v) is 3.25. The van der Waals surface area contributed by atoms with Gasteiger partial charge in [0, 0.05) is 18.3 Å². The van der Waals surface area contributed by atoms with Gasteiger partial charge >= 0.3 is 0 Å². The van der Waals surface area contributed by atoms with Crippen LogP contribution in [-0.2, 0) is 7.05 Å². The second kappa shape index (κ2) is 7.15. The normalized spacial score (nSPS) is 10.8. The first-order valence-electron chi connectivity index (χ1n) is 8.92. The third-order valence-electron chi connectivity index (χ3n) is 4.63. The van der Waals surface area contributed by atoms with E-state index in [9.17, 15) is 4.79 Å². The van der Waals surface area contributed by atoms with Gasteiger partial charge in [0.05, 0.1) is 29.4 Å². The van der Waals surface area contributed by atoms with Crippen molar-refractivity contribution >= 4 is 22.6 Å². The third kappa shape index (κ3) is 3.20. The van der Waals surface area contributed by atoms with Gasteiger partial charge in [-0.2, -0.15) is 5.10 Å². The molecular formula is C22H20N4O2. The molecule has 0 fully saturated rings. The van der Waals surface area contributed by atoms with Crippen LogP contribution in [0.25, 0.3) is 22.3 Å². The number of benzene rings is 2. The minimum absolute atomic E-state index is 0.190. The Labute approximate surface area is 162 Å². The van der Waals surface area contributed by atoms with Crippen LogP contribution >= 0.6 is 0 Å². The zero-order valence-corrected chi connectivity index (χ0v) is 15.9. The van der Waals surface area contributed by atoms with Crippen molar-refractivity contribution in [3.05, 3.63) is 71.9 Å². The molecule has 4 rings (SSSR count). The molecule has 0 radical (unpaired) electrons. The summed E-state index contributed by atoms with van der Waals surface area (Å²) >= 11 is 0. The lowest BCUT2D eigenvalue weighted by Gasteiger charge is -2.10. The number of methoxy groups -OCH3 is 1. The molecule has 0 aliphatic rings. The highest BCUT2D eigenvalue weighted by atomic mass is 16.5. The van der Waals surface area contributed by atoms with Gasteiger partial charge < -0.3 is 10.1 Å². The molecular weight excluding hydrogens is 352 g/mol. The highest BCUT2D eigenvalue weighted by molar-refractivity contribution is 6.13. The van der Waals surface area contributed by atoms with Gasteiger partial charge in [0.25, 0.3) is 5.91 Å². The molecule has 6 nitrogen and oxygen atoms in total. The summed E-state index contributed by atoms with van der Waals surface area (Å²) < 4.78 is 6.93. The molecule has 0 saturated heterocycles. The Morgan fingerprint density at radius 2 is 1.79 bits per heavy atom. The number of rotatable bonds is 4. The Morgan fingerprint density at radius 3 is 2.46 bits per heavy atom. The second-order valence-corrected chi connectivity index (χ2v) is 6.51. The summed E-state index contributed by atoms with van der Waals surface area (Å²) in [7, 11) is 3.46. The van der Waals surface area contributed by atoms with E-state index in [0.717, 1.165) is 28.1 Å². The molecule has 0 aliphatic heterocycles. The molecule has 2 aromatic heterocycles. The first kappa shape index (κ1) is 17.7. The van der Waals surface area contributed by atoms with Crippen molar-refractivity contribution in [3.8, 4) is 17.0 Å². The number of nitrogens with zero attached hydrogens (tertiary/aromatic N) is 3. The summed E-state index contributed by atoms with van der Waals surface area (Å²) in [5, 5.41) is 8.17. The van der Waals surface area contributed by atoms with Crippen LogP contribution in [0.2, 0.25) is 0 Å². The van der Waals surface area contributed by atoms with Crippen molar-refractivity contribution in [1.82, 2.24) is 14.8 Å². The number of carbonyl (C=O) groups is 1. The van der Waals surface area contributed by atoms with E-state index in [0.29, 0.717) is 16.9 Å². The van der Waals surface area contributed by atoms with Crippen LogP contribution in [0.3, 0.4) is 0 Å². The zero-order valence-electron chi connectivity index (χ0n) is 15.9. The zero-order chi connectivity index (χ0) is 19.7. The molecule has 2 heterocycles. The minimum Gasteiger partial charge on any atom is -0.497 e. The predicted octanol–water partition coefficient (Wildman–Crippen LogP) is 4.20. The van der Waals surface area contributed by atoms with Crippen LogP contribution in [0.15, 0.2) is 60.7 Å². The van der Waals surface area contributed by atoms with Crippen LogP contribution in [-0.4, -0.2) is 27.8 Å². The number of pyridine rings is 1. The maximum atomic E-state index is 13.1. The number of ether oxygens (including phenoxy) is 1. The first-order chi connectivity index (χ1) is 13.6. The summed E-state index contributed by atoms with van der Waals surface area (Å²) in [5.41, 5.74) is 4.33. The summed E-state index contributed by atoms with van der Waals surface area (Å²) in [6.45, 7) is 1.89. The average Bonchev–Trinajstić information content (AvgIpc) is 3.02. The lowest BCUT2D eigenvalue weighted by molar-refractivity contribution is 0.102. The van der Waals surface area contributed by atoms with Crippen LogP contribution in [0, 0.1) is 6.92 Å².